The average Bonchev–Trinajstić information content (AvgIpc) is 3.17. The van der Waals surface area contributed by atoms with Crippen LogP contribution in [0.3, 0.4) is 0 Å². The maximum absolute atomic E-state index is 12.7. The molecule has 6 unspecified atom stereocenters. The minimum Gasteiger partial charge on any atom is -0.387 e. The highest BCUT2D eigenvalue weighted by atomic mass is 31.2. The Kier molecular flexibility index (Phi) is 9.55. The number of nitrogens with zero attached hydrogens (tertiary/aromatic N) is 1. The highest BCUT2D eigenvalue weighted by Gasteiger charge is 2.45. The first-order chi connectivity index (χ1) is 14.2. The zero-order chi connectivity index (χ0) is 22.4. The van der Waals surface area contributed by atoms with Crippen molar-refractivity contribution in [2.24, 2.45) is 0 Å². The van der Waals surface area contributed by atoms with Gasteiger partial charge in [0.1, 0.15) is 29.7 Å². The van der Waals surface area contributed by atoms with E-state index in [1.54, 1.807) is 0 Å². The lowest BCUT2D eigenvalue weighted by Gasteiger charge is -2.15. The quantitative estimate of drug-likeness (QED) is 0.208. The molecule has 0 amide bonds. The highest BCUT2D eigenvalue weighted by Crippen LogP contribution is 2.42. The van der Waals surface area contributed by atoms with Crippen LogP contribution in [0.4, 0.5) is 5.69 Å². The number of aromatic nitrogens is 2. The van der Waals surface area contributed by atoms with Crippen LogP contribution in [0, 0.1) is 5.41 Å². The fraction of sp³-hybridized carbons (Fsp3) is 0.692. The van der Waals surface area contributed by atoms with Gasteiger partial charge in [-0.25, -0.2) is 17.9 Å². The van der Waals surface area contributed by atoms with E-state index in [0.717, 1.165) is 4.68 Å². The normalized spacial score (nSPS) is 26.0. The van der Waals surface area contributed by atoms with Crippen LogP contribution in [0.1, 0.15) is 31.7 Å². The van der Waals surface area contributed by atoms with E-state index in [0.29, 0.717) is 12.8 Å². The molecule has 1 aliphatic rings. The first-order valence-corrected chi connectivity index (χ1v) is 11.9. The maximum atomic E-state index is 12.7. The van der Waals surface area contributed by atoms with Crippen LogP contribution in [0.25, 0.3) is 0 Å². The van der Waals surface area contributed by atoms with Crippen LogP contribution in [-0.4, -0.2) is 57.7 Å². The predicted molar refractivity (Wildman–Crippen MR) is 106 cm³/mol. The summed E-state index contributed by atoms with van der Waals surface area (Å²) in [5, 5.41) is 34.0. The molecule has 1 aromatic heterocycles. The average molecular weight is 488 g/mol. The van der Waals surface area contributed by atoms with Gasteiger partial charge < -0.3 is 30.2 Å². The van der Waals surface area contributed by atoms with E-state index in [1.807, 2.05) is 6.92 Å². The van der Waals surface area contributed by atoms with Crippen LogP contribution < -0.4 is 10.9 Å². The van der Waals surface area contributed by atoms with Crippen molar-refractivity contribution in [3.8, 4) is 0 Å². The second-order valence-electron chi connectivity index (χ2n) is 6.14. The summed E-state index contributed by atoms with van der Waals surface area (Å²) >= 11 is 0. The molecule has 6 atom stereocenters. The lowest BCUT2D eigenvalue weighted by molar-refractivity contribution is -0.0570. The molecule has 0 saturated carbocycles. The first kappa shape index (κ1) is 25.1. The van der Waals surface area contributed by atoms with Gasteiger partial charge in [0.15, 0.2) is 6.23 Å². The molecule has 170 valence electrons. The van der Waals surface area contributed by atoms with Crippen molar-refractivity contribution in [2.75, 3.05) is 19.0 Å². The van der Waals surface area contributed by atoms with E-state index in [2.05, 4.69) is 19.0 Å². The fourth-order valence-electron chi connectivity index (χ4n) is 2.84. The number of aromatic amines is 1. The first-order valence-electron chi connectivity index (χ1n) is 8.74. The molecule has 30 heavy (non-hydrogen) atoms. The number of ether oxygens (including phenoxy) is 1. The Bertz CT molecular complexity index is 874. The smallest absolute Gasteiger partial charge is 0.336 e. The molecular formula is C13H23N4O10P3. The third kappa shape index (κ3) is 5.73. The Balaban J connectivity index is 2.12. The Morgan fingerprint density at radius 1 is 1.37 bits per heavy atom. The maximum Gasteiger partial charge on any atom is 0.336 e. The summed E-state index contributed by atoms with van der Waals surface area (Å²) in [5.74, 6) is 0. The summed E-state index contributed by atoms with van der Waals surface area (Å²) in [7, 11) is -6.01. The Hall–Kier alpha value is -1.20. The molecule has 14 nitrogen and oxygen atoms in total. The fourth-order valence-corrected chi connectivity index (χ4v) is 4.64. The number of aliphatic hydroxyl groups is 2. The number of hydrogen-bond acceptors (Lipinski definition) is 12. The molecule has 17 heteroatoms. The van der Waals surface area contributed by atoms with E-state index in [-0.39, 0.29) is 17.1 Å². The third-order valence-corrected chi connectivity index (χ3v) is 6.83. The number of aliphatic hydroxyl groups excluding tert-OH is 2. The second kappa shape index (κ2) is 11.4. The van der Waals surface area contributed by atoms with Crippen molar-refractivity contribution in [3.63, 3.8) is 0 Å². The number of anilines is 1. The summed E-state index contributed by atoms with van der Waals surface area (Å²) in [4.78, 5) is 12.7. The van der Waals surface area contributed by atoms with Crippen LogP contribution >= 0.6 is 25.2 Å². The van der Waals surface area contributed by atoms with Crippen molar-refractivity contribution in [2.45, 2.75) is 44.3 Å². The monoisotopic (exact) mass is 488 g/mol. The lowest BCUT2D eigenvalue weighted by Crippen LogP contribution is -2.35. The largest absolute Gasteiger partial charge is 0.387 e. The molecule has 0 aromatic carbocycles. The van der Waals surface area contributed by atoms with Gasteiger partial charge in [0.25, 0.3) is 5.56 Å². The number of rotatable bonds is 12. The van der Waals surface area contributed by atoms with E-state index in [1.165, 1.54) is 7.05 Å². The summed E-state index contributed by atoms with van der Waals surface area (Å²) < 4.78 is 52.5. The van der Waals surface area contributed by atoms with E-state index < -0.39 is 61.9 Å². The molecule has 0 spiro atoms. The highest BCUT2D eigenvalue weighted by molar-refractivity contribution is 7.50. The Labute approximate surface area is 173 Å². The van der Waals surface area contributed by atoms with E-state index >= 15 is 0 Å². The summed E-state index contributed by atoms with van der Waals surface area (Å²) in [6.07, 6.45) is -4.49. The molecular weight excluding hydrogens is 465 g/mol. The Morgan fingerprint density at radius 3 is 2.67 bits per heavy atom. The third-order valence-electron chi connectivity index (χ3n) is 4.20. The van der Waals surface area contributed by atoms with Crippen LogP contribution in [0.5, 0.6) is 0 Å². The summed E-state index contributed by atoms with van der Waals surface area (Å²) in [5.41, 5.74) is -0.0814. The van der Waals surface area contributed by atoms with Crippen LogP contribution in [0.15, 0.2) is 4.79 Å². The van der Waals surface area contributed by atoms with E-state index in [4.69, 9.17) is 14.7 Å². The number of H-pyrrole nitrogens is 1. The minimum atomic E-state index is -3.32. The molecule has 1 aromatic rings. The zero-order valence-electron chi connectivity index (χ0n) is 16.0. The van der Waals surface area contributed by atoms with Crippen molar-refractivity contribution in [1.29, 1.82) is 5.41 Å². The topological polar surface area (TPSA) is 202 Å². The Morgan fingerprint density at radius 2 is 2.07 bits per heavy atom. The molecule has 1 fully saturated rings. The summed E-state index contributed by atoms with van der Waals surface area (Å²) in [6, 6.07) is 0. The van der Waals surface area contributed by atoms with Crippen molar-refractivity contribution >= 4 is 36.6 Å². The van der Waals surface area contributed by atoms with Gasteiger partial charge in [-0.15, -0.1) is 0 Å². The van der Waals surface area contributed by atoms with Gasteiger partial charge in [0.05, 0.1) is 12.3 Å². The molecule has 2 heterocycles. The van der Waals surface area contributed by atoms with Gasteiger partial charge >= 0.3 is 25.2 Å². The van der Waals surface area contributed by atoms with Gasteiger partial charge in [0, 0.05) is 7.05 Å². The molecule has 0 aliphatic carbocycles. The lowest BCUT2D eigenvalue weighted by atomic mass is 10.1. The molecule has 0 bridgehead atoms. The zero-order valence-corrected chi connectivity index (χ0v) is 18.9. The van der Waals surface area contributed by atoms with Gasteiger partial charge in [0.2, 0.25) is 0 Å². The second-order valence-corrected chi connectivity index (χ2v) is 9.13. The predicted octanol–water partition coefficient (Wildman–Crippen LogP) is 1.04. The summed E-state index contributed by atoms with van der Waals surface area (Å²) in [6.45, 7) is 1.36. The molecule has 1 aliphatic heterocycles. The molecule has 2 rings (SSSR count). The van der Waals surface area contributed by atoms with Crippen molar-refractivity contribution < 1.29 is 41.8 Å². The van der Waals surface area contributed by atoms with Gasteiger partial charge in [-0.2, -0.15) is 0 Å². The SMILES string of the molecule is CCCC(=N)c1[nH]n(C2OC(CO[PH](=O)O[PH](=O)OP=O)C(O)C2O)c(=O)c1NC. The van der Waals surface area contributed by atoms with Crippen molar-refractivity contribution in [3.05, 3.63) is 16.0 Å². The van der Waals surface area contributed by atoms with Gasteiger partial charge in [-0.3, -0.25) is 19.0 Å². The van der Waals surface area contributed by atoms with Crippen LogP contribution in [0.2, 0.25) is 0 Å². The molecule has 1 saturated heterocycles. The van der Waals surface area contributed by atoms with E-state index in [9.17, 15) is 28.7 Å². The molecule has 0 radical (unpaired) electrons. The standard InChI is InChI=1S/C13H23N4O10P3/c1-3-4-6(14)8-9(15-2)12(20)17(16-8)13-11(19)10(18)7(25-13)5-24-29(22)27-30(23)26-28-21/h7,10-11,13-16,18-19,29-30H,3-5H2,1-2H3. The molecule has 5 N–H and O–H groups in total. The van der Waals surface area contributed by atoms with Crippen molar-refractivity contribution in [1.82, 2.24) is 9.78 Å². The van der Waals surface area contributed by atoms with Gasteiger partial charge in [-0.05, 0) is 6.42 Å². The van der Waals surface area contributed by atoms with Crippen LogP contribution in [-0.2, 0) is 31.6 Å². The number of nitrogens with one attached hydrogen (secondary N) is 3. The minimum absolute atomic E-state index is 0.111. The number of hydrogen-bond donors (Lipinski definition) is 5. The van der Waals surface area contributed by atoms with Gasteiger partial charge in [-0.1, -0.05) is 13.3 Å².